The molecule has 4 heterocycles. The molecule has 2 fully saturated rings. The van der Waals surface area contributed by atoms with E-state index in [9.17, 15) is 13.2 Å². The highest BCUT2D eigenvalue weighted by molar-refractivity contribution is 7.91. The first-order valence-corrected chi connectivity index (χ1v) is 11.8. The van der Waals surface area contributed by atoms with Crippen LogP contribution in [0.4, 0.5) is 0 Å². The van der Waals surface area contributed by atoms with Crippen LogP contribution in [-0.2, 0) is 9.84 Å². The Hall–Kier alpha value is -1.67. The van der Waals surface area contributed by atoms with E-state index in [1.54, 1.807) is 16.0 Å². The zero-order valence-electron chi connectivity index (χ0n) is 14.8. The van der Waals surface area contributed by atoms with Crippen LogP contribution in [0.1, 0.15) is 42.7 Å². The molecule has 0 unspecified atom stereocenters. The normalized spacial score (nSPS) is 23.4. The molecule has 0 aromatic carbocycles. The number of hydrogen-bond donors (Lipinski definition) is 0. The molecule has 6 nitrogen and oxygen atoms in total. The van der Waals surface area contributed by atoms with Crippen molar-refractivity contribution < 1.29 is 13.2 Å². The van der Waals surface area contributed by atoms with Crippen LogP contribution in [0, 0.1) is 5.92 Å². The highest BCUT2D eigenvalue weighted by Crippen LogP contribution is 2.32. The van der Waals surface area contributed by atoms with E-state index >= 15 is 0 Å². The van der Waals surface area contributed by atoms with Crippen LogP contribution >= 0.6 is 11.3 Å². The van der Waals surface area contributed by atoms with Gasteiger partial charge in [-0.15, -0.1) is 11.3 Å². The summed E-state index contributed by atoms with van der Waals surface area (Å²) in [7, 11) is -3.02. The van der Waals surface area contributed by atoms with Gasteiger partial charge in [-0.25, -0.2) is 8.42 Å². The van der Waals surface area contributed by atoms with E-state index in [1.807, 2.05) is 28.5 Å². The summed E-state index contributed by atoms with van der Waals surface area (Å²) >= 11 is 1.57. The fourth-order valence-corrected chi connectivity index (χ4v) is 6.15. The summed E-state index contributed by atoms with van der Waals surface area (Å²) in [5, 5.41) is 6.55. The first-order chi connectivity index (χ1) is 12.4. The van der Waals surface area contributed by atoms with Crippen LogP contribution in [0.25, 0.3) is 10.6 Å². The van der Waals surface area contributed by atoms with Crippen LogP contribution in [0.2, 0.25) is 0 Å². The molecule has 1 atom stereocenters. The van der Waals surface area contributed by atoms with Crippen LogP contribution in [0.15, 0.2) is 23.6 Å². The van der Waals surface area contributed by atoms with Crippen molar-refractivity contribution in [1.82, 2.24) is 14.7 Å². The van der Waals surface area contributed by atoms with Crippen LogP contribution in [-0.4, -0.2) is 53.6 Å². The number of hydrogen-bond acceptors (Lipinski definition) is 5. The highest BCUT2D eigenvalue weighted by atomic mass is 32.2. The molecule has 0 saturated carbocycles. The summed E-state index contributed by atoms with van der Waals surface area (Å²) in [5.74, 6) is 0.896. The van der Waals surface area contributed by atoms with E-state index in [1.165, 1.54) is 0 Å². The van der Waals surface area contributed by atoms with Crippen molar-refractivity contribution in [3.8, 4) is 10.6 Å². The van der Waals surface area contributed by atoms with Crippen molar-refractivity contribution in [1.29, 1.82) is 0 Å². The summed E-state index contributed by atoms with van der Waals surface area (Å²) < 4.78 is 25.6. The summed E-state index contributed by atoms with van der Waals surface area (Å²) in [5.41, 5.74) is 1.27. The second kappa shape index (κ2) is 6.81. The molecule has 2 aromatic heterocycles. The van der Waals surface area contributed by atoms with Crippen LogP contribution in [0.3, 0.4) is 0 Å². The van der Waals surface area contributed by atoms with Crippen LogP contribution < -0.4 is 0 Å². The van der Waals surface area contributed by atoms with Gasteiger partial charge in [0.15, 0.2) is 15.5 Å². The first kappa shape index (κ1) is 17.7. The van der Waals surface area contributed by atoms with Crippen molar-refractivity contribution >= 4 is 27.1 Å². The molecule has 2 aromatic rings. The minimum absolute atomic E-state index is 0.0469. The molecule has 8 heteroatoms. The van der Waals surface area contributed by atoms with Gasteiger partial charge in [0.05, 0.1) is 28.1 Å². The number of sulfone groups is 1. The van der Waals surface area contributed by atoms with Crippen molar-refractivity contribution in [2.45, 2.75) is 32.2 Å². The van der Waals surface area contributed by atoms with E-state index < -0.39 is 9.84 Å². The Labute approximate surface area is 157 Å². The average Bonchev–Trinajstić information content (AvgIpc) is 3.33. The molecular weight excluding hydrogens is 370 g/mol. The fraction of sp³-hybridized carbons (Fsp3) is 0.556. The van der Waals surface area contributed by atoms with Gasteiger partial charge in [0.2, 0.25) is 0 Å². The smallest absolute Gasteiger partial charge is 0.274 e. The Bertz CT molecular complexity index is 894. The standard InChI is InChI=1S/C18H23N3O3S2/c1-13-4-7-20(8-5-13)18(22)15-11-16(17-3-2-9-25-17)21(19-15)14-6-10-26(23,24)12-14/h2-3,9,11,13-14H,4-8,10,12H2,1H3/t14-/m1/s1. The van der Waals surface area contributed by atoms with Gasteiger partial charge in [0.1, 0.15) is 0 Å². The molecule has 2 saturated heterocycles. The van der Waals surface area contributed by atoms with E-state index in [0.717, 1.165) is 36.5 Å². The molecule has 0 bridgehead atoms. The summed E-state index contributed by atoms with van der Waals surface area (Å²) in [6.07, 6.45) is 2.59. The van der Waals surface area contributed by atoms with Gasteiger partial charge in [0.25, 0.3) is 5.91 Å². The van der Waals surface area contributed by atoms with Crippen molar-refractivity contribution in [3.63, 3.8) is 0 Å². The number of rotatable bonds is 3. The van der Waals surface area contributed by atoms with Crippen molar-refractivity contribution in [2.75, 3.05) is 24.6 Å². The summed E-state index contributed by atoms with van der Waals surface area (Å²) in [6.45, 7) is 3.74. The van der Waals surface area contributed by atoms with E-state index in [2.05, 4.69) is 12.0 Å². The third-order valence-electron chi connectivity index (χ3n) is 5.35. The quantitative estimate of drug-likeness (QED) is 0.804. The minimum atomic E-state index is -3.02. The lowest BCUT2D eigenvalue weighted by atomic mass is 9.99. The number of aromatic nitrogens is 2. The summed E-state index contributed by atoms with van der Waals surface area (Å²) in [4.78, 5) is 15.8. The molecule has 26 heavy (non-hydrogen) atoms. The molecular formula is C18H23N3O3S2. The predicted molar refractivity (Wildman–Crippen MR) is 102 cm³/mol. The van der Waals surface area contributed by atoms with Crippen molar-refractivity contribution in [3.05, 3.63) is 29.3 Å². The topological polar surface area (TPSA) is 72.3 Å². The van der Waals surface area contributed by atoms with E-state index in [4.69, 9.17) is 0 Å². The lowest BCUT2D eigenvalue weighted by Crippen LogP contribution is -2.38. The van der Waals surface area contributed by atoms with Crippen molar-refractivity contribution in [2.24, 2.45) is 5.92 Å². The Morgan fingerprint density at radius 3 is 2.65 bits per heavy atom. The van der Waals surface area contributed by atoms with Gasteiger partial charge in [-0.05, 0) is 42.7 Å². The Morgan fingerprint density at radius 1 is 1.27 bits per heavy atom. The molecule has 2 aliphatic heterocycles. The Balaban J connectivity index is 1.66. The third-order valence-corrected chi connectivity index (χ3v) is 8.00. The molecule has 0 radical (unpaired) electrons. The van der Waals surface area contributed by atoms with Gasteiger partial charge in [0, 0.05) is 13.1 Å². The molecule has 0 aliphatic carbocycles. The highest BCUT2D eigenvalue weighted by Gasteiger charge is 2.33. The maximum atomic E-state index is 12.9. The summed E-state index contributed by atoms with van der Waals surface area (Å²) in [6, 6.07) is 5.58. The van der Waals surface area contributed by atoms with Crippen LogP contribution in [0.5, 0.6) is 0 Å². The van der Waals surface area contributed by atoms with Gasteiger partial charge < -0.3 is 4.90 Å². The Morgan fingerprint density at radius 2 is 2.04 bits per heavy atom. The molecule has 1 amide bonds. The number of carbonyl (C=O) groups is 1. The lowest BCUT2D eigenvalue weighted by Gasteiger charge is -2.29. The minimum Gasteiger partial charge on any atom is -0.337 e. The number of amides is 1. The van der Waals surface area contributed by atoms with E-state index in [-0.39, 0.29) is 23.5 Å². The molecule has 0 N–H and O–H groups in total. The van der Waals surface area contributed by atoms with Gasteiger partial charge in [-0.2, -0.15) is 5.10 Å². The number of piperidine rings is 1. The molecule has 0 spiro atoms. The zero-order valence-corrected chi connectivity index (χ0v) is 16.4. The third kappa shape index (κ3) is 3.44. The predicted octanol–water partition coefficient (Wildman–Crippen LogP) is 2.84. The second-order valence-electron chi connectivity index (χ2n) is 7.37. The average molecular weight is 394 g/mol. The number of nitrogens with zero attached hydrogens (tertiary/aromatic N) is 3. The number of carbonyl (C=O) groups excluding carboxylic acids is 1. The maximum absolute atomic E-state index is 12.9. The largest absolute Gasteiger partial charge is 0.337 e. The van der Waals surface area contributed by atoms with E-state index in [0.29, 0.717) is 18.0 Å². The van der Waals surface area contributed by atoms with Gasteiger partial charge in [-0.1, -0.05) is 13.0 Å². The molecule has 2 aliphatic rings. The van der Waals surface area contributed by atoms with Gasteiger partial charge >= 0.3 is 0 Å². The molecule has 4 rings (SSSR count). The maximum Gasteiger partial charge on any atom is 0.274 e. The number of likely N-dealkylation sites (tertiary alicyclic amines) is 1. The monoisotopic (exact) mass is 393 g/mol. The fourth-order valence-electron chi connectivity index (χ4n) is 3.73. The molecule has 140 valence electrons. The number of thiophene rings is 1. The second-order valence-corrected chi connectivity index (χ2v) is 10.5. The lowest BCUT2D eigenvalue weighted by molar-refractivity contribution is 0.0690. The SMILES string of the molecule is CC1CCN(C(=O)c2cc(-c3cccs3)n([C@@H]3CCS(=O)(=O)C3)n2)CC1. The zero-order chi connectivity index (χ0) is 18.3. The van der Waals surface area contributed by atoms with Gasteiger partial charge in [-0.3, -0.25) is 9.48 Å². The first-order valence-electron chi connectivity index (χ1n) is 9.06. The Kier molecular flexibility index (Phi) is 4.64.